The van der Waals surface area contributed by atoms with E-state index in [2.05, 4.69) is 10.4 Å². The first kappa shape index (κ1) is 18.7. The summed E-state index contributed by atoms with van der Waals surface area (Å²) in [6.45, 7) is 0. The van der Waals surface area contributed by atoms with Crippen LogP contribution in [0.3, 0.4) is 0 Å². The van der Waals surface area contributed by atoms with Gasteiger partial charge in [0.1, 0.15) is 5.82 Å². The minimum absolute atomic E-state index is 0.386. The molecule has 0 spiro atoms. The number of fused-ring (bicyclic) bond motifs is 1. The Kier molecular flexibility index (Phi) is 5.03. The number of ketones is 1. The number of carbonyl (C=O) groups is 2. The lowest BCUT2D eigenvalue weighted by Gasteiger charge is -2.12. The second kappa shape index (κ2) is 7.79. The highest BCUT2D eigenvalue weighted by atomic mass is 16.5. The third-order valence-corrected chi connectivity index (χ3v) is 5.06. The number of methoxy groups -OCH3 is 2. The fourth-order valence-corrected chi connectivity index (χ4v) is 3.58. The Morgan fingerprint density at radius 3 is 2.55 bits per heavy atom. The summed E-state index contributed by atoms with van der Waals surface area (Å²) in [6, 6.07) is 12.4. The molecule has 148 valence electrons. The number of hydrogen-bond donors (Lipinski definition) is 1. The Labute approximate surface area is 168 Å². The molecule has 1 aromatic heterocycles. The summed E-state index contributed by atoms with van der Waals surface area (Å²) in [5.41, 5.74) is 3.47. The molecule has 3 aromatic rings. The van der Waals surface area contributed by atoms with Crippen molar-refractivity contribution >= 4 is 17.5 Å². The summed E-state index contributed by atoms with van der Waals surface area (Å²) in [5, 5.41) is 6.90. The molecule has 0 bridgehead atoms. The van der Waals surface area contributed by atoms with E-state index < -0.39 is 11.7 Å². The van der Waals surface area contributed by atoms with Crippen LogP contribution in [0.5, 0.6) is 11.5 Å². The predicted octanol–water partition coefficient (Wildman–Crippen LogP) is 3.20. The van der Waals surface area contributed by atoms with Crippen LogP contribution in [0.25, 0.3) is 5.69 Å². The van der Waals surface area contributed by atoms with Gasteiger partial charge in [0.05, 0.1) is 26.1 Å². The molecule has 0 radical (unpaired) electrons. The second-order valence-electron chi connectivity index (χ2n) is 6.79. The molecule has 0 unspecified atom stereocenters. The molecule has 4 rings (SSSR count). The van der Waals surface area contributed by atoms with Crippen molar-refractivity contribution in [3.8, 4) is 17.2 Å². The summed E-state index contributed by atoms with van der Waals surface area (Å²) in [4.78, 5) is 25.2. The third-order valence-electron chi connectivity index (χ3n) is 5.06. The number of anilines is 1. The maximum absolute atomic E-state index is 12.6. The molecule has 1 aliphatic carbocycles. The van der Waals surface area contributed by atoms with Crippen molar-refractivity contribution in [1.82, 2.24) is 9.78 Å². The minimum Gasteiger partial charge on any atom is -0.493 e. The maximum Gasteiger partial charge on any atom is 0.297 e. The van der Waals surface area contributed by atoms with Gasteiger partial charge in [-0.15, -0.1) is 0 Å². The zero-order valence-corrected chi connectivity index (χ0v) is 16.3. The molecular weight excluding hydrogens is 370 g/mol. The number of ether oxygens (including phenoxy) is 2. The average Bonchev–Trinajstić information content (AvgIpc) is 3.41. The van der Waals surface area contributed by atoms with Crippen LogP contribution in [0.15, 0.2) is 48.7 Å². The lowest BCUT2D eigenvalue weighted by molar-refractivity contribution is -0.112. The largest absolute Gasteiger partial charge is 0.493 e. The smallest absolute Gasteiger partial charge is 0.297 e. The zero-order valence-electron chi connectivity index (χ0n) is 16.3. The Morgan fingerprint density at radius 2 is 1.76 bits per heavy atom. The van der Waals surface area contributed by atoms with Gasteiger partial charge in [0.2, 0.25) is 0 Å². The van der Waals surface area contributed by atoms with E-state index in [0.717, 1.165) is 24.8 Å². The maximum atomic E-state index is 12.6. The Morgan fingerprint density at radius 1 is 0.966 bits per heavy atom. The van der Waals surface area contributed by atoms with Crippen molar-refractivity contribution < 1.29 is 19.1 Å². The molecule has 0 fully saturated rings. The molecule has 7 heteroatoms. The second-order valence-corrected chi connectivity index (χ2v) is 6.79. The molecule has 0 saturated carbocycles. The fourth-order valence-electron chi connectivity index (χ4n) is 3.58. The number of nitrogens with zero attached hydrogens (tertiary/aromatic N) is 2. The summed E-state index contributed by atoms with van der Waals surface area (Å²) >= 11 is 0. The minimum atomic E-state index is -0.704. The lowest BCUT2D eigenvalue weighted by Crippen LogP contribution is -2.24. The highest BCUT2D eigenvalue weighted by Crippen LogP contribution is 2.30. The first-order chi connectivity index (χ1) is 14.1. The normalized spacial score (nSPS) is 12.3. The number of benzene rings is 2. The topological polar surface area (TPSA) is 82.5 Å². The van der Waals surface area contributed by atoms with Crippen molar-refractivity contribution in [2.75, 3.05) is 19.5 Å². The van der Waals surface area contributed by atoms with E-state index in [4.69, 9.17) is 9.47 Å². The van der Waals surface area contributed by atoms with E-state index in [0.29, 0.717) is 28.6 Å². The molecule has 1 N–H and O–H groups in total. The Balaban J connectivity index is 1.56. The first-order valence-corrected chi connectivity index (χ1v) is 9.34. The van der Waals surface area contributed by atoms with E-state index in [-0.39, 0.29) is 0 Å². The quantitative estimate of drug-likeness (QED) is 0.515. The van der Waals surface area contributed by atoms with Crippen molar-refractivity contribution in [2.24, 2.45) is 0 Å². The Bertz CT molecular complexity index is 1090. The molecule has 0 saturated heterocycles. The van der Waals surface area contributed by atoms with E-state index in [1.54, 1.807) is 50.7 Å². The summed E-state index contributed by atoms with van der Waals surface area (Å²) < 4.78 is 12.1. The molecule has 0 atom stereocenters. The predicted molar refractivity (Wildman–Crippen MR) is 108 cm³/mol. The highest BCUT2D eigenvalue weighted by Gasteiger charge is 2.21. The number of Topliss-reactive ketones (excluding diaryl/α,β-unsaturated/α-hetero) is 1. The van der Waals surface area contributed by atoms with Gasteiger partial charge in [0, 0.05) is 17.7 Å². The number of nitrogens with one attached hydrogen (secondary N) is 1. The van der Waals surface area contributed by atoms with Gasteiger partial charge in [-0.2, -0.15) is 5.10 Å². The number of carbonyl (C=O) groups excluding carboxylic acids is 2. The molecule has 1 heterocycles. The third kappa shape index (κ3) is 3.59. The van der Waals surface area contributed by atoms with E-state index in [9.17, 15) is 9.59 Å². The van der Waals surface area contributed by atoms with Crippen LogP contribution in [0.4, 0.5) is 5.82 Å². The average molecular weight is 391 g/mol. The van der Waals surface area contributed by atoms with Crippen LogP contribution in [0, 0.1) is 0 Å². The van der Waals surface area contributed by atoms with Crippen LogP contribution in [-0.4, -0.2) is 35.7 Å². The van der Waals surface area contributed by atoms with Gasteiger partial charge < -0.3 is 14.8 Å². The number of rotatable bonds is 6. The monoisotopic (exact) mass is 391 g/mol. The Hall–Kier alpha value is -3.61. The van der Waals surface area contributed by atoms with Gasteiger partial charge in [0.15, 0.2) is 11.5 Å². The molecule has 7 nitrogen and oxygen atoms in total. The molecule has 1 amide bonds. The van der Waals surface area contributed by atoms with Crippen molar-refractivity contribution in [3.63, 3.8) is 0 Å². The zero-order chi connectivity index (χ0) is 20.4. The van der Waals surface area contributed by atoms with Gasteiger partial charge in [-0.1, -0.05) is 12.1 Å². The van der Waals surface area contributed by atoms with Crippen LogP contribution in [0.2, 0.25) is 0 Å². The van der Waals surface area contributed by atoms with Gasteiger partial charge in [0.25, 0.3) is 11.7 Å². The molecule has 2 aromatic carbocycles. The fraction of sp³-hybridized carbons (Fsp3) is 0.227. The van der Waals surface area contributed by atoms with E-state index in [1.807, 2.05) is 12.1 Å². The summed E-state index contributed by atoms with van der Waals surface area (Å²) in [5.74, 6) is 0.231. The van der Waals surface area contributed by atoms with Gasteiger partial charge in [-0.05, 0) is 48.6 Å². The standard InChI is InChI=1S/C22H21N3O4/c1-28-18-9-8-17(13-19(18)29-2)25-20(10-11-23-25)24-22(27)21(26)16-7-6-14-4-3-5-15(14)12-16/h6-13H,3-5H2,1-2H3,(H,24,27). The van der Waals surface area contributed by atoms with Crippen molar-refractivity contribution in [2.45, 2.75) is 19.3 Å². The lowest BCUT2D eigenvalue weighted by atomic mass is 10.0. The van der Waals surface area contributed by atoms with Crippen LogP contribution in [-0.2, 0) is 17.6 Å². The van der Waals surface area contributed by atoms with Gasteiger partial charge in [-0.25, -0.2) is 4.68 Å². The summed E-state index contributed by atoms with van der Waals surface area (Å²) in [7, 11) is 3.10. The summed E-state index contributed by atoms with van der Waals surface area (Å²) in [6.07, 6.45) is 4.61. The molecular formula is C22H21N3O4. The van der Waals surface area contributed by atoms with Crippen LogP contribution < -0.4 is 14.8 Å². The van der Waals surface area contributed by atoms with Crippen LogP contribution in [0.1, 0.15) is 27.9 Å². The van der Waals surface area contributed by atoms with E-state index >= 15 is 0 Å². The number of amides is 1. The first-order valence-electron chi connectivity index (χ1n) is 9.34. The highest BCUT2D eigenvalue weighted by molar-refractivity contribution is 6.46. The van der Waals surface area contributed by atoms with Crippen LogP contribution >= 0.6 is 0 Å². The van der Waals surface area contributed by atoms with E-state index in [1.165, 1.54) is 10.2 Å². The number of aromatic nitrogens is 2. The SMILES string of the molecule is COc1ccc(-n2nccc2NC(=O)C(=O)c2ccc3c(c2)CCC3)cc1OC. The number of aryl methyl sites for hydroxylation is 2. The number of hydrogen-bond acceptors (Lipinski definition) is 5. The van der Waals surface area contributed by atoms with Gasteiger partial charge >= 0.3 is 0 Å². The van der Waals surface area contributed by atoms with Crippen molar-refractivity contribution in [3.05, 3.63) is 65.4 Å². The molecule has 29 heavy (non-hydrogen) atoms. The van der Waals surface area contributed by atoms with Gasteiger partial charge in [-0.3, -0.25) is 9.59 Å². The van der Waals surface area contributed by atoms with Crippen molar-refractivity contribution in [1.29, 1.82) is 0 Å². The molecule has 1 aliphatic rings. The molecule has 0 aliphatic heterocycles.